The second-order valence-electron chi connectivity index (χ2n) is 6.92. The highest BCUT2D eigenvalue weighted by Crippen LogP contribution is 2.28. The summed E-state index contributed by atoms with van der Waals surface area (Å²) in [6.07, 6.45) is 0.819. The van der Waals surface area contributed by atoms with Crippen LogP contribution in [0.1, 0.15) is 32.8 Å². The van der Waals surface area contributed by atoms with Gasteiger partial charge in [0.05, 0.1) is 5.75 Å². The van der Waals surface area contributed by atoms with Crippen molar-refractivity contribution in [2.75, 3.05) is 5.75 Å². The van der Waals surface area contributed by atoms with E-state index >= 15 is 0 Å². The minimum Gasteiger partial charge on any atom is -0.459 e. The lowest BCUT2D eigenvalue weighted by molar-refractivity contribution is -0.153. The molecule has 3 aromatic rings. The Balaban J connectivity index is 1.73. The summed E-state index contributed by atoms with van der Waals surface area (Å²) in [6.45, 7) is 5.93. The van der Waals surface area contributed by atoms with Crippen LogP contribution in [0.2, 0.25) is 0 Å². The molecule has 0 N–H and O–H groups in total. The average Bonchev–Trinajstić information content (AvgIpc) is 2.60. The van der Waals surface area contributed by atoms with Crippen LogP contribution in [-0.2, 0) is 15.3 Å². The molecule has 2 nitrogen and oxygen atoms in total. The maximum atomic E-state index is 12.0. The zero-order valence-electron chi connectivity index (χ0n) is 15.0. The van der Waals surface area contributed by atoms with E-state index in [9.17, 15) is 4.79 Å². The summed E-state index contributed by atoms with van der Waals surface area (Å²) in [5, 5.41) is 5.00. The van der Waals surface area contributed by atoms with Gasteiger partial charge in [0.2, 0.25) is 0 Å². The number of benzene rings is 3. The van der Waals surface area contributed by atoms with Crippen LogP contribution in [0.15, 0.2) is 54.6 Å². The molecule has 0 aromatic heterocycles. The van der Waals surface area contributed by atoms with Gasteiger partial charge in [0.15, 0.2) is 0 Å². The number of hydrogen-bond acceptors (Lipinski definition) is 3. The maximum Gasteiger partial charge on any atom is 0.316 e. The van der Waals surface area contributed by atoms with Crippen molar-refractivity contribution in [3.05, 3.63) is 60.2 Å². The lowest BCUT2D eigenvalue weighted by Crippen LogP contribution is -2.27. The fraction of sp³-hybridized carbons (Fsp3) is 0.318. The Labute approximate surface area is 153 Å². The van der Waals surface area contributed by atoms with Crippen molar-refractivity contribution >= 4 is 39.3 Å². The number of fused-ring (bicyclic) bond motifs is 2. The topological polar surface area (TPSA) is 26.3 Å². The minimum atomic E-state index is -0.379. The third-order valence-corrected chi connectivity index (χ3v) is 5.51. The quantitative estimate of drug-likeness (QED) is 0.404. The first-order chi connectivity index (χ1) is 12.0. The normalized spacial score (nSPS) is 11.8. The van der Waals surface area contributed by atoms with Gasteiger partial charge in [0, 0.05) is 5.75 Å². The predicted octanol–water partition coefficient (Wildman–Crippen LogP) is 5.96. The predicted molar refractivity (Wildman–Crippen MR) is 108 cm³/mol. The number of rotatable bonds is 6. The van der Waals surface area contributed by atoms with E-state index in [0.717, 1.165) is 12.2 Å². The third-order valence-electron chi connectivity index (χ3n) is 4.56. The zero-order chi connectivity index (χ0) is 17.9. The molecule has 0 aliphatic rings. The van der Waals surface area contributed by atoms with Crippen LogP contribution in [0.5, 0.6) is 0 Å². The Bertz CT molecular complexity index is 899. The zero-order valence-corrected chi connectivity index (χ0v) is 15.9. The van der Waals surface area contributed by atoms with E-state index in [4.69, 9.17) is 4.74 Å². The van der Waals surface area contributed by atoms with Crippen molar-refractivity contribution in [3.63, 3.8) is 0 Å². The molecule has 0 heterocycles. The summed E-state index contributed by atoms with van der Waals surface area (Å²) in [4.78, 5) is 12.0. The molecule has 0 unspecified atom stereocenters. The summed E-state index contributed by atoms with van der Waals surface area (Å²) in [5.41, 5.74) is 0.881. The highest BCUT2D eigenvalue weighted by molar-refractivity contribution is 7.99. The summed E-state index contributed by atoms with van der Waals surface area (Å²) in [5.74, 6) is 1.05. The lowest BCUT2D eigenvalue weighted by Gasteiger charge is -2.23. The van der Waals surface area contributed by atoms with Crippen LogP contribution in [0, 0.1) is 0 Å². The van der Waals surface area contributed by atoms with Gasteiger partial charge in [0.25, 0.3) is 0 Å². The molecule has 3 aromatic carbocycles. The van der Waals surface area contributed by atoms with Gasteiger partial charge < -0.3 is 4.74 Å². The number of carbonyl (C=O) groups excluding carboxylic acids is 1. The van der Waals surface area contributed by atoms with Gasteiger partial charge in [-0.25, -0.2) is 0 Å². The van der Waals surface area contributed by atoms with Crippen molar-refractivity contribution in [1.82, 2.24) is 0 Å². The molecule has 0 saturated heterocycles. The fourth-order valence-corrected chi connectivity index (χ4v) is 3.61. The average molecular weight is 352 g/mol. The molecular weight excluding hydrogens is 328 g/mol. The Morgan fingerprint density at radius 2 is 1.68 bits per heavy atom. The number of carbonyl (C=O) groups is 1. The van der Waals surface area contributed by atoms with Crippen molar-refractivity contribution in [3.8, 4) is 0 Å². The lowest BCUT2D eigenvalue weighted by atomic mass is 10.0. The van der Waals surface area contributed by atoms with Crippen molar-refractivity contribution in [2.45, 2.75) is 38.5 Å². The SMILES string of the molecule is CCC(C)(C)OC(=O)CSCc1cccc2cc3ccccc3cc12. The van der Waals surface area contributed by atoms with Crippen molar-refractivity contribution < 1.29 is 9.53 Å². The van der Waals surface area contributed by atoms with Gasteiger partial charge >= 0.3 is 5.97 Å². The second-order valence-corrected chi connectivity index (χ2v) is 7.90. The Morgan fingerprint density at radius 3 is 2.40 bits per heavy atom. The summed E-state index contributed by atoms with van der Waals surface area (Å²) >= 11 is 1.61. The number of thioether (sulfide) groups is 1. The molecule has 0 spiro atoms. The van der Waals surface area contributed by atoms with E-state index in [0.29, 0.717) is 5.75 Å². The Morgan fingerprint density at radius 1 is 1.00 bits per heavy atom. The first-order valence-corrected chi connectivity index (χ1v) is 9.84. The van der Waals surface area contributed by atoms with Gasteiger partial charge in [-0.3, -0.25) is 4.79 Å². The fourth-order valence-electron chi connectivity index (χ4n) is 2.81. The maximum absolute atomic E-state index is 12.0. The number of ether oxygens (including phenoxy) is 1. The number of hydrogen-bond donors (Lipinski definition) is 0. The summed E-state index contributed by atoms with van der Waals surface area (Å²) < 4.78 is 5.51. The van der Waals surface area contributed by atoms with E-state index in [1.54, 1.807) is 11.8 Å². The van der Waals surface area contributed by atoms with Gasteiger partial charge in [-0.15, -0.1) is 11.8 Å². The van der Waals surface area contributed by atoms with E-state index in [-0.39, 0.29) is 11.6 Å². The first kappa shape index (κ1) is 17.8. The molecule has 3 heteroatoms. The largest absolute Gasteiger partial charge is 0.459 e. The Hall–Kier alpha value is -2.00. The number of esters is 1. The molecule has 25 heavy (non-hydrogen) atoms. The van der Waals surface area contributed by atoms with Gasteiger partial charge in [-0.2, -0.15) is 0 Å². The first-order valence-electron chi connectivity index (χ1n) is 8.68. The van der Waals surface area contributed by atoms with Gasteiger partial charge in [0.1, 0.15) is 5.60 Å². The highest BCUT2D eigenvalue weighted by atomic mass is 32.2. The molecule has 0 saturated carbocycles. The van der Waals surface area contributed by atoms with E-state index in [2.05, 4.69) is 54.6 Å². The molecule has 0 atom stereocenters. The molecule has 0 aliphatic heterocycles. The molecule has 0 radical (unpaired) electrons. The van der Waals surface area contributed by atoms with Crippen LogP contribution < -0.4 is 0 Å². The highest BCUT2D eigenvalue weighted by Gasteiger charge is 2.20. The van der Waals surface area contributed by atoms with Crippen LogP contribution in [-0.4, -0.2) is 17.3 Å². The smallest absolute Gasteiger partial charge is 0.316 e. The molecule has 0 bridgehead atoms. The summed E-state index contributed by atoms with van der Waals surface area (Å²) in [6, 6.07) is 19.3. The summed E-state index contributed by atoms with van der Waals surface area (Å²) in [7, 11) is 0. The molecule has 3 rings (SSSR count). The minimum absolute atomic E-state index is 0.137. The standard InChI is InChI=1S/C22H24O2S/c1-4-22(2,3)24-21(23)15-25-14-19-11-7-10-18-12-16-8-5-6-9-17(16)13-20(18)19/h5-13H,4,14-15H2,1-3H3. The van der Waals surface area contributed by atoms with Crippen LogP contribution >= 0.6 is 11.8 Å². The molecule has 0 aliphatic carbocycles. The monoisotopic (exact) mass is 352 g/mol. The van der Waals surface area contributed by atoms with Crippen LogP contribution in [0.3, 0.4) is 0 Å². The van der Waals surface area contributed by atoms with Gasteiger partial charge in [-0.1, -0.05) is 49.4 Å². The van der Waals surface area contributed by atoms with Crippen molar-refractivity contribution in [2.24, 2.45) is 0 Å². The van der Waals surface area contributed by atoms with E-state index in [1.165, 1.54) is 27.1 Å². The molecule has 0 amide bonds. The third kappa shape index (κ3) is 4.35. The van der Waals surface area contributed by atoms with E-state index in [1.807, 2.05) is 20.8 Å². The van der Waals surface area contributed by atoms with Crippen LogP contribution in [0.25, 0.3) is 21.5 Å². The molecular formula is C22H24O2S. The van der Waals surface area contributed by atoms with E-state index < -0.39 is 0 Å². The van der Waals surface area contributed by atoms with Crippen LogP contribution in [0.4, 0.5) is 0 Å². The Kier molecular flexibility index (Phi) is 5.33. The second kappa shape index (κ2) is 7.49. The molecule has 0 fully saturated rings. The van der Waals surface area contributed by atoms with Gasteiger partial charge in [-0.05, 0) is 59.5 Å². The van der Waals surface area contributed by atoms with Crippen molar-refractivity contribution in [1.29, 1.82) is 0 Å². The molecule has 130 valence electrons.